The smallest absolute Gasteiger partial charge is 0.255 e. The Morgan fingerprint density at radius 3 is 2.70 bits per heavy atom. The zero-order chi connectivity index (χ0) is 16.4. The molecule has 1 aromatic carbocycles. The molecular formula is C17H20N4O2. The second-order valence-corrected chi connectivity index (χ2v) is 5.53. The average molecular weight is 312 g/mol. The van der Waals surface area contributed by atoms with Gasteiger partial charge in [-0.2, -0.15) is 0 Å². The molecule has 0 amide bonds. The summed E-state index contributed by atoms with van der Waals surface area (Å²) in [5.41, 5.74) is 2.67. The number of nitrogens with one attached hydrogen (secondary N) is 1. The van der Waals surface area contributed by atoms with Crippen LogP contribution in [0.5, 0.6) is 5.88 Å². The summed E-state index contributed by atoms with van der Waals surface area (Å²) in [5.74, 6) is 0.603. The van der Waals surface area contributed by atoms with E-state index in [2.05, 4.69) is 10.4 Å². The largest absolute Gasteiger partial charge is 0.480 e. The summed E-state index contributed by atoms with van der Waals surface area (Å²) in [6.07, 6.45) is 1.91. The van der Waals surface area contributed by atoms with Crippen molar-refractivity contribution in [1.29, 1.82) is 0 Å². The second-order valence-electron chi connectivity index (χ2n) is 5.53. The van der Waals surface area contributed by atoms with Crippen LogP contribution in [0.4, 0.5) is 0 Å². The van der Waals surface area contributed by atoms with Gasteiger partial charge in [0.1, 0.15) is 0 Å². The van der Waals surface area contributed by atoms with Crippen LogP contribution in [0.3, 0.4) is 0 Å². The van der Waals surface area contributed by atoms with E-state index in [-0.39, 0.29) is 5.56 Å². The van der Waals surface area contributed by atoms with Gasteiger partial charge in [-0.25, -0.2) is 0 Å². The number of nitrogens with zero attached hydrogens (tertiary/aromatic N) is 3. The van der Waals surface area contributed by atoms with Crippen LogP contribution in [0, 0.1) is 0 Å². The lowest BCUT2D eigenvalue weighted by molar-refractivity contribution is 0.386. The third-order valence-corrected chi connectivity index (χ3v) is 3.90. The molecule has 6 heteroatoms. The number of aromatic nitrogens is 3. The predicted octanol–water partition coefficient (Wildman–Crippen LogP) is 1.57. The molecule has 0 saturated heterocycles. The SMILES string of the molecule is COc1nn(C)cc1CNCc1cc2ccccc2n(C)c1=O. The minimum absolute atomic E-state index is 0.0225. The Morgan fingerprint density at radius 2 is 1.91 bits per heavy atom. The van der Waals surface area contributed by atoms with Gasteiger partial charge in [-0.15, -0.1) is 5.10 Å². The van der Waals surface area contributed by atoms with Crippen molar-refractivity contribution in [1.82, 2.24) is 19.7 Å². The van der Waals surface area contributed by atoms with Crippen LogP contribution in [0.25, 0.3) is 10.9 Å². The number of para-hydroxylation sites is 1. The number of fused-ring (bicyclic) bond motifs is 1. The number of benzene rings is 1. The van der Waals surface area contributed by atoms with Crippen LogP contribution in [0.15, 0.2) is 41.3 Å². The van der Waals surface area contributed by atoms with E-state index in [9.17, 15) is 4.79 Å². The van der Waals surface area contributed by atoms with Crippen LogP contribution in [0.1, 0.15) is 11.1 Å². The third-order valence-electron chi connectivity index (χ3n) is 3.90. The minimum Gasteiger partial charge on any atom is -0.480 e. The fourth-order valence-electron chi connectivity index (χ4n) is 2.76. The molecule has 1 N–H and O–H groups in total. The molecule has 120 valence electrons. The Bertz CT molecular complexity index is 895. The molecule has 0 spiro atoms. The van der Waals surface area contributed by atoms with E-state index in [1.165, 1.54) is 0 Å². The van der Waals surface area contributed by atoms with E-state index in [0.29, 0.717) is 19.0 Å². The van der Waals surface area contributed by atoms with Crippen molar-refractivity contribution in [3.05, 3.63) is 58.0 Å². The lowest BCUT2D eigenvalue weighted by atomic mass is 10.1. The first-order valence-corrected chi connectivity index (χ1v) is 7.45. The molecule has 0 fully saturated rings. The van der Waals surface area contributed by atoms with Gasteiger partial charge < -0.3 is 14.6 Å². The summed E-state index contributed by atoms with van der Waals surface area (Å²) < 4.78 is 8.64. The van der Waals surface area contributed by atoms with Gasteiger partial charge in [0, 0.05) is 44.5 Å². The number of aryl methyl sites for hydroxylation is 2. The molecule has 2 heterocycles. The van der Waals surface area contributed by atoms with Gasteiger partial charge in [-0.1, -0.05) is 18.2 Å². The van der Waals surface area contributed by atoms with Gasteiger partial charge in [0.25, 0.3) is 5.56 Å². The van der Waals surface area contributed by atoms with E-state index in [4.69, 9.17) is 4.74 Å². The quantitative estimate of drug-likeness (QED) is 0.777. The first-order valence-electron chi connectivity index (χ1n) is 7.45. The molecule has 0 bridgehead atoms. The molecule has 2 aromatic heterocycles. The number of hydrogen-bond acceptors (Lipinski definition) is 4. The molecule has 3 aromatic rings. The molecule has 0 aliphatic carbocycles. The van der Waals surface area contributed by atoms with Crippen molar-refractivity contribution in [2.45, 2.75) is 13.1 Å². The zero-order valence-electron chi connectivity index (χ0n) is 13.5. The molecule has 3 rings (SSSR count). The second kappa shape index (κ2) is 6.26. The summed E-state index contributed by atoms with van der Waals surface area (Å²) in [4.78, 5) is 12.4. The van der Waals surface area contributed by atoms with Crippen molar-refractivity contribution in [3.8, 4) is 5.88 Å². The van der Waals surface area contributed by atoms with Crippen LogP contribution >= 0.6 is 0 Å². The van der Waals surface area contributed by atoms with Crippen molar-refractivity contribution in [2.75, 3.05) is 7.11 Å². The molecular weight excluding hydrogens is 292 g/mol. The van der Waals surface area contributed by atoms with Gasteiger partial charge in [-0.05, 0) is 17.5 Å². The summed E-state index contributed by atoms with van der Waals surface area (Å²) in [5, 5.41) is 8.57. The highest BCUT2D eigenvalue weighted by Crippen LogP contribution is 2.15. The van der Waals surface area contributed by atoms with Gasteiger partial charge in [0.15, 0.2) is 0 Å². The van der Waals surface area contributed by atoms with Gasteiger partial charge in [0.05, 0.1) is 12.6 Å². The van der Waals surface area contributed by atoms with Crippen molar-refractivity contribution in [2.24, 2.45) is 14.1 Å². The summed E-state index contributed by atoms with van der Waals surface area (Å²) in [6, 6.07) is 9.83. The lowest BCUT2D eigenvalue weighted by Crippen LogP contribution is -2.25. The molecule has 0 radical (unpaired) electrons. The summed E-state index contributed by atoms with van der Waals surface area (Å²) in [6.45, 7) is 1.09. The first kappa shape index (κ1) is 15.3. The van der Waals surface area contributed by atoms with Crippen LogP contribution in [0.2, 0.25) is 0 Å². The zero-order valence-corrected chi connectivity index (χ0v) is 13.5. The molecule has 0 aliphatic rings. The third kappa shape index (κ3) is 2.98. The molecule has 6 nitrogen and oxygen atoms in total. The topological polar surface area (TPSA) is 61.1 Å². The van der Waals surface area contributed by atoms with Gasteiger partial charge in [-0.3, -0.25) is 9.48 Å². The number of methoxy groups -OCH3 is 1. The maximum absolute atomic E-state index is 12.4. The van der Waals surface area contributed by atoms with Gasteiger partial charge in [0.2, 0.25) is 5.88 Å². The number of rotatable bonds is 5. The van der Waals surface area contributed by atoms with Crippen molar-refractivity contribution < 1.29 is 4.74 Å². The Kier molecular flexibility index (Phi) is 4.16. The molecule has 23 heavy (non-hydrogen) atoms. The molecule has 0 saturated carbocycles. The summed E-state index contributed by atoms with van der Waals surface area (Å²) >= 11 is 0. The lowest BCUT2D eigenvalue weighted by Gasteiger charge is -2.09. The molecule has 0 unspecified atom stereocenters. The highest BCUT2D eigenvalue weighted by Gasteiger charge is 2.09. The fraction of sp³-hybridized carbons (Fsp3) is 0.294. The molecule has 0 aliphatic heterocycles. The monoisotopic (exact) mass is 312 g/mol. The van der Waals surface area contributed by atoms with E-state index >= 15 is 0 Å². The van der Waals surface area contributed by atoms with Gasteiger partial charge >= 0.3 is 0 Å². The van der Waals surface area contributed by atoms with E-state index < -0.39 is 0 Å². The Morgan fingerprint density at radius 1 is 1.17 bits per heavy atom. The highest BCUT2D eigenvalue weighted by atomic mass is 16.5. The molecule has 0 atom stereocenters. The van der Waals surface area contributed by atoms with E-state index in [0.717, 1.165) is 22.0 Å². The standard InChI is InChI=1S/C17H20N4O2/c1-20-11-14(16(19-20)23-3)10-18-9-13-8-12-6-4-5-7-15(12)21(2)17(13)22/h4-8,11,18H,9-10H2,1-3H3. The highest BCUT2D eigenvalue weighted by molar-refractivity contribution is 5.79. The average Bonchev–Trinajstić information content (AvgIpc) is 2.92. The Balaban J connectivity index is 1.79. The number of pyridine rings is 1. The maximum Gasteiger partial charge on any atom is 0.255 e. The normalized spacial score (nSPS) is 11.1. The van der Waals surface area contributed by atoms with Crippen LogP contribution in [-0.2, 0) is 27.2 Å². The van der Waals surface area contributed by atoms with Crippen molar-refractivity contribution >= 4 is 10.9 Å². The number of ether oxygens (including phenoxy) is 1. The number of hydrogen-bond donors (Lipinski definition) is 1. The maximum atomic E-state index is 12.4. The predicted molar refractivity (Wildman–Crippen MR) is 89.5 cm³/mol. The van der Waals surface area contributed by atoms with Crippen molar-refractivity contribution in [3.63, 3.8) is 0 Å². The van der Waals surface area contributed by atoms with E-state index in [1.54, 1.807) is 23.4 Å². The minimum atomic E-state index is 0.0225. The van der Waals surface area contributed by atoms with E-state index in [1.807, 2.05) is 43.6 Å². The summed E-state index contributed by atoms with van der Waals surface area (Å²) in [7, 11) is 5.26. The van der Waals surface area contributed by atoms with Crippen LogP contribution in [-0.4, -0.2) is 21.5 Å². The first-order chi connectivity index (χ1) is 11.1. The fourth-order valence-corrected chi connectivity index (χ4v) is 2.76. The Hall–Kier alpha value is -2.60. The Labute approximate surface area is 134 Å². The van der Waals surface area contributed by atoms with Crippen LogP contribution < -0.4 is 15.6 Å².